The summed E-state index contributed by atoms with van der Waals surface area (Å²) in [6.45, 7) is 7.79. The molecule has 1 heterocycles. The molecule has 0 fully saturated rings. The van der Waals surface area contributed by atoms with Crippen LogP contribution in [0.2, 0.25) is 0 Å². The van der Waals surface area contributed by atoms with E-state index in [2.05, 4.69) is 5.10 Å². The van der Waals surface area contributed by atoms with Crippen LogP contribution in [0.4, 0.5) is 4.79 Å². The Labute approximate surface area is 136 Å². The number of aryl methyl sites for hydroxylation is 3. The molecule has 0 aliphatic heterocycles. The van der Waals surface area contributed by atoms with Crippen molar-refractivity contribution in [2.45, 2.75) is 37.6 Å². The lowest BCUT2D eigenvalue weighted by molar-refractivity contribution is 0.209. The number of aromatic nitrogens is 2. The van der Waals surface area contributed by atoms with Gasteiger partial charge in [-0.15, -0.1) is 0 Å². The van der Waals surface area contributed by atoms with Gasteiger partial charge >= 0.3 is 6.03 Å². The van der Waals surface area contributed by atoms with E-state index in [1.807, 2.05) is 26.0 Å². The summed E-state index contributed by atoms with van der Waals surface area (Å²) in [7, 11) is -2.13. The molecule has 1 aromatic carbocycles. The van der Waals surface area contributed by atoms with Crippen LogP contribution in [-0.2, 0) is 9.84 Å². The predicted molar refractivity (Wildman–Crippen MR) is 87.4 cm³/mol. The monoisotopic (exact) mass is 335 g/mol. The van der Waals surface area contributed by atoms with Gasteiger partial charge in [0.2, 0.25) is 9.84 Å². The molecule has 0 spiro atoms. The first kappa shape index (κ1) is 17.2. The molecule has 0 aliphatic carbocycles. The lowest BCUT2D eigenvalue weighted by Gasteiger charge is -2.13. The summed E-state index contributed by atoms with van der Waals surface area (Å²) in [5.74, 6) is 0. The standard InChI is InChI=1S/C16H21N3O3S/c1-6-18(5)16(20)19-8-7-14(17-19)23(21,22)15-12(3)9-11(2)10-13(15)4/h7-10H,6H2,1-5H3. The third-order valence-corrected chi connectivity index (χ3v) is 5.66. The van der Waals surface area contributed by atoms with Crippen molar-refractivity contribution in [1.29, 1.82) is 0 Å². The maximum absolute atomic E-state index is 12.9. The van der Waals surface area contributed by atoms with E-state index in [-0.39, 0.29) is 16.0 Å². The molecule has 0 radical (unpaired) electrons. The van der Waals surface area contributed by atoms with Crippen molar-refractivity contribution >= 4 is 15.9 Å². The molecular weight excluding hydrogens is 314 g/mol. The van der Waals surface area contributed by atoms with Crippen LogP contribution in [0.5, 0.6) is 0 Å². The van der Waals surface area contributed by atoms with E-state index in [1.54, 1.807) is 20.9 Å². The number of hydrogen-bond acceptors (Lipinski definition) is 4. The van der Waals surface area contributed by atoms with E-state index in [4.69, 9.17) is 0 Å². The van der Waals surface area contributed by atoms with Crippen LogP contribution in [-0.4, -0.2) is 42.7 Å². The summed E-state index contributed by atoms with van der Waals surface area (Å²) >= 11 is 0. The van der Waals surface area contributed by atoms with E-state index >= 15 is 0 Å². The van der Waals surface area contributed by atoms with Crippen molar-refractivity contribution in [3.05, 3.63) is 41.1 Å². The minimum atomic E-state index is -3.76. The summed E-state index contributed by atoms with van der Waals surface area (Å²) in [6, 6.07) is 4.64. The van der Waals surface area contributed by atoms with E-state index in [9.17, 15) is 13.2 Å². The molecule has 1 aromatic heterocycles. The topological polar surface area (TPSA) is 72.3 Å². The average Bonchev–Trinajstić information content (AvgIpc) is 2.94. The molecule has 2 aromatic rings. The second kappa shape index (κ2) is 6.16. The van der Waals surface area contributed by atoms with Crippen molar-refractivity contribution in [2.75, 3.05) is 13.6 Å². The van der Waals surface area contributed by atoms with Gasteiger partial charge in [-0.05, 0) is 44.9 Å². The highest BCUT2D eigenvalue weighted by Crippen LogP contribution is 2.27. The Morgan fingerprint density at radius 1 is 1.22 bits per heavy atom. The molecule has 23 heavy (non-hydrogen) atoms. The SMILES string of the molecule is CCN(C)C(=O)n1ccc(S(=O)(=O)c2c(C)cc(C)cc2C)n1. The number of sulfone groups is 1. The number of hydrogen-bond donors (Lipinski definition) is 0. The third kappa shape index (κ3) is 3.14. The molecule has 7 heteroatoms. The summed E-state index contributed by atoms with van der Waals surface area (Å²) in [5.41, 5.74) is 2.35. The van der Waals surface area contributed by atoms with Gasteiger partial charge in [0.25, 0.3) is 0 Å². The van der Waals surface area contributed by atoms with Gasteiger partial charge in [-0.1, -0.05) is 17.7 Å². The molecule has 0 saturated heterocycles. The summed E-state index contributed by atoms with van der Waals surface area (Å²) < 4.78 is 26.8. The van der Waals surface area contributed by atoms with E-state index in [0.29, 0.717) is 17.7 Å². The fraction of sp³-hybridized carbons (Fsp3) is 0.375. The Morgan fingerprint density at radius 3 is 2.30 bits per heavy atom. The number of amides is 1. The summed E-state index contributed by atoms with van der Waals surface area (Å²) in [4.78, 5) is 13.8. The Bertz CT molecular complexity index is 830. The molecular formula is C16H21N3O3S. The molecule has 124 valence electrons. The molecule has 1 amide bonds. The van der Waals surface area contributed by atoms with Gasteiger partial charge in [-0.3, -0.25) is 0 Å². The first-order valence-electron chi connectivity index (χ1n) is 7.32. The maximum Gasteiger partial charge on any atom is 0.344 e. The zero-order chi connectivity index (χ0) is 17.4. The average molecular weight is 335 g/mol. The number of nitrogens with zero attached hydrogens (tertiary/aromatic N) is 3. The van der Waals surface area contributed by atoms with Crippen LogP contribution in [0.15, 0.2) is 34.3 Å². The van der Waals surface area contributed by atoms with Gasteiger partial charge in [0.1, 0.15) is 0 Å². The Morgan fingerprint density at radius 2 is 1.78 bits per heavy atom. The van der Waals surface area contributed by atoms with Crippen molar-refractivity contribution in [1.82, 2.24) is 14.7 Å². The summed E-state index contributed by atoms with van der Waals surface area (Å²) in [6.07, 6.45) is 1.38. The smallest absolute Gasteiger partial charge is 0.326 e. The van der Waals surface area contributed by atoms with Gasteiger partial charge in [-0.2, -0.15) is 9.78 Å². The van der Waals surface area contributed by atoms with Crippen LogP contribution in [0.25, 0.3) is 0 Å². The van der Waals surface area contributed by atoms with E-state index < -0.39 is 9.84 Å². The second-order valence-corrected chi connectivity index (χ2v) is 7.46. The lowest BCUT2D eigenvalue weighted by atomic mass is 10.1. The molecule has 0 N–H and O–H groups in total. The zero-order valence-corrected chi connectivity index (χ0v) is 14.8. The second-order valence-electron chi connectivity index (χ2n) is 5.63. The van der Waals surface area contributed by atoms with Crippen LogP contribution < -0.4 is 0 Å². The van der Waals surface area contributed by atoms with Gasteiger partial charge in [0.05, 0.1) is 4.90 Å². The van der Waals surface area contributed by atoms with Gasteiger partial charge < -0.3 is 4.90 Å². The molecule has 2 rings (SSSR count). The highest BCUT2D eigenvalue weighted by Gasteiger charge is 2.26. The zero-order valence-electron chi connectivity index (χ0n) is 14.0. The van der Waals surface area contributed by atoms with Crippen LogP contribution >= 0.6 is 0 Å². The number of carbonyl (C=O) groups is 1. The van der Waals surface area contributed by atoms with Crippen LogP contribution in [0, 0.1) is 20.8 Å². The van der Waals surface area contributed by atoms with Crippen molar-refractivity contribution in [2.24, 2.45) is 0 Å². The number of rotatable bonds is 3. The Hall–Kier alpha value is -2.15. The normalized spacial score (nSPS) is 11.5. The Kier molecular flexibility index (Phi) is 4.61. The predicted octanol–water partition coefficient (Wildman–Crippen LogP) is 2.56. The first-order chi connectivity index (χ1) is 10.7. The molecule has 0 unspecified atom stereocenters. The van der Waals surface area contributed by atoms with Crippen LogP contribution in [0.3, 0.4) is 0 Å². The first-order valence-corrected chi connectivity index (χ1v) is 8.81. The van der Waals surface area contributed by atoms with Gasteiger partial charge in [0, 0.05) is 19.8 Å². The molecule has 0 saturated carbocycles. The van der Waals surface area contributed by atoms with Crippen molar-refractivity contribution in [3.63, 3.8) is 0 Å². The largest absolute Gasteiger partial charge is 0.344 e. The van der Waals surface area contributed by atoms with Crippen molar-refractivity contribution < 1.29 is 13.2 Å². The maximum atomic E-state index is 12.9. The van der Waals surface area contributed by atoms with Gasteiger partial charge in [0.15, 0.2) is 5.03 Å². The fourth-order valence-electron chi connectivity index (χ4n) is 2.56. The van der Waals surface area contributed by atoms with E-state index in [1.165, 1.54) is 17.2 Å². The third-order valence-electron chi connectivity index (χ3n) is 3.71. The van der Waals surface area contributed by atoms with Crippen LogP contribution in [0.1, 0.15) is 23.6 Å². The molecule has 0 atom stereocenters. The minimum absolute atomic E-state index is 0.120. The highest BCUT2D eigenvalue weighted by atomic mass is 32.2. The van der Waals surface area contributed by atoms with Gasteiger partial charge in [-0.25, -0.2) is 13.2 Å². The molecule has 0 bridgehead atoms. The molecule has 0 aliphatic rings. The minimum Gasteiger partial charge on any atom is -0.326 e. The quantitative estimate of drug-likeness (QED) is 0.864. The number of benzene rings is 1. The highest BCUT2D eigenvalue weighted by molar-refractivity contribution is 7.91. The summed E-state index contributed by atoms with van der Waals surface area (Å²) in [5, 5.41) is 3.85. The molecule has 6 nitrogen and oxygen atoms in total. The van der Waals surface area contributed by atoms with E-state index in [0.717, 1.165) is 10.2 Å². The van der Waals surface area contributed by atoms with Crippen molar-refractivity contribution in [3.8, 4) is 0 Å². The number of carbonyl (C=O) groups excluding carboxylic acids is 1. The Balaban J connectivity index is 2.51. The lowest BCUT2D eigenvalue weighted by Crippen LogP contribution is -2.31. The fourth-order valence-corrected chi connectivity index (χ4v) is 4.17.